The third-order valence-electron chi connectivity index (χ3n) is 2.73. The molecule has 0 aliphatic heterocycles. The molecule has 0 atom stereocenters. The lowest BCUT2D eigenvalue weighted by Crippen LogP contribution is -2.20. The van der Waals surface area contributed by atoms with E-state index in [-0.39, 0.29) is 0 Å². The van der Waals surface area contributed by atoms with Crippen molar-refractivity contribution in [3.8, 4) is 0 Å². The highest BCUT2D eigenvalue weighted by molar-refractivity contribution is 7.17. The molecular weight excluding hydrogens is 224 g/mol. The van der Waals surface area contributed by atoms with Crippen molar-refractivity contribution < 1.29 is 0 Å². The van der Waals surface area contributed by atoms with Crippen molar-refractivity contribution in [1.82, 2.24) is 0 Å². The van der Waals surface area contributed by atoms with Crippen LogP contribution >= 0.6 is 11.3 Å². The lowest BCUT2D eigenvalue weighted by molar-refractivity contribution is 1.66. The van der Waals surface area contributed by atoms with Gasteiger partial charge < -0.3 is 0 Å². The van der Waals surface area contributed by atoms with E-state index < -0.39 is 0 Å². The van der Waals surface area contributed by atoms with E-state index in [1.54, 1.807) is 17.4 Å². The zero-order valence-electron chi connectivity index (χ0n) is 9.70. The van der Waals surface area contributed by atoms with Gasteiger partial charge in [0.2, 0.25) is 0 Å². The Morgan fingerprint density at radius 3 is 2.47 bits per heavy atom. The fourth-order valence-corrected chi connectivity index (χ4v) is 2.91. The Labute approximate surface area is 105 Å². The summed E-state index contributed by atoms with van der Waals surface area (Å²) in [6.07, 6.45) is 3.58. The Balaban J connectivity index is 3.04. The predicted octanol–water partition coefficient (Wildman–Crippen LogP) is 3.39. The summed E-state index contributed by atoms with van der Waals surface area (Å²) < 4.78 is 2.29. The van der Waals surface area contributed by atoms with Crippen LogP contribution in [0.4, 0.5) is 0 Å². The van der Waals surface area contributed by atoms with E-state index >= 15 is 0 Å². The van der Waals surface area contributed by atoms with Gasteiger partial charge in [-0.2, -0.15) is 0 Å². The molecule has 2 rings (SSSR count). The van der Waals surface area contributed by atoms with Gasteiger partial charge in [-0.15, -0.1) is 11.3 Å². The number of benzene rings is 1. The van der Waals surface area contributed by atoms with E-state index in [1.807, 2.05) is 18.2 Å². The number of allylic oxidation sites excluding steroid dienone is 3. The minimum absolute atomic E-state index is 0.883. The molecule has 1 heterocycles. The van der Waals surface area contributed by atoms with Crippen molar-refractivity contribution >= 4 is 33.6 Å². The first-order valence-electron chi connectivity index (χ1n) is 5.34. The fourth-order valence-electron chi connectivity index (χ4n) is 1.90. The monoisotopic (exact) mass is 238 g/mol. The Morgan fingerprint density at radius 2 is 1.82 bits per heavy atom. The molecule has 2 aromatic rings. The topological polar surface area (TPSA) is 0 Å². The van der Waals surface area contributed by atoms with Gasteiger partial charge in [0.15, 0.2) is 0 Å². The molecule has 0 spiro atoms. The SMILES string of the molecule is C=CC(=C)/C(C=C)=c1/c(=C)sc2ccccc12. The first-order chi connectivity index (χ1) is 8.19. The summed E-state index contributed by atoms with van der Waals surface area (Å²) >= 11 is 1.70. The average molecular weight is 238 g/mol. The van der Waals surface area contributed by atoms with Crippen LogP contribution < -0.4 is 9.75 Å². The van der Waals surface area contributed by atoms with Crippen LogP contribution in [0.1, 0.15) is 0 Å². The van der Waals surface area contributed by atoms with Crippen LogP contribution in [-0.2, 0) is 0 Å². The molecule has 0 N–H and O–H groups in total. The van der Waals surface area contributed by atoms with Gasteiger partial charge in [0.05, 0.1) is 0 Å². The molecule has 0 aliphatic carbocycles. The second-order valence-corrected chi connectivity index (χ2v) is 4.88. The van der Waals surface area contributed by atoms with E-state index in [2.05, 4.69) is 38.4 Å². The van der Waals surface area contributed by atoms with Crippen LogP contribution in [0.2, 0.25) is 0 Å². The molecule has 0 saturated carbocycles. The second-order valence-electron chi connectivity index (χ2n) is 3.74. The van der Waals surface area contributed by atoms with E-state index in [4.69, 9.17) is 0 Å². The van der Waals surface area contributed by atoms with Crippen LogP contribution in [0, 0.1) is 0 Å². The second kappa shape index (κ2) is 4.56. The summed E-state index contributed by atoms with van der Waals surface area (Å²) in [5, 5.41) is 2.34. The summed E-state index contributed by atoms with van der Waals surface area (Å²) in [6.45, 7) is 15.7. The van der Waals surface area contributed by atoms with E-state index in [1.165, 1.54) is 10.1 Å². The summed E-state index contributed by atoms with van der Waals surface area (Å²) in [4.78, 5) is 0. The highest BCUT2D eigenvalue weighted by Crippen LogP contribution is 2.16. The number of hydrogen-bond donors (Lipinski definition) is 0. The summed E-state index contributed by atoms with van der Waals surface area (Å²) in [6, 6.07) is 8.29. The minimum Gasteiger partial charge on any atom is -0.136 e. The van der Waals surface area contributed by atoms with Crippen LogP contribution in [0.25, 0.3) is 22.2 Å². The quantitative estimate of drug-likeness (QED) is 0.719. The van der Waals surface area contributed by atoms with E-state index in [0.29, 0.717) is 0 Å². The van der Waals surface area contributed by atoms with Gasteiger partial charge in [0, 0.05) is 19.8 Å². The van der Waals surface area contributed by atoms with Crippen LogP contribution in [0.3, 0.4) is 0 Å². The maximum Gasteiger partial charge on any atom is 0.0355 e. The van der Waals surface area contributed by atoms with Gasteiger partial charge in [-0.25, -0.2) is 0 Å². The van der Waals surface area contributed by atoms with Crippen molar-refractivity contribution in [2.45, 2.75) is 0 Å². The third kappa shape index (κ3) is 1.90. The van der Waals surface area contributed by atoms with Crippen molar-refractivity contribution in [3.63, 3.8) is 0 Å². The molecule has 0 nitrogen and oxygen atoms in total. The van der Waals surface area contributed by atoms with Gasteiger partial charge in [0.1, 0.15) is 0 Å². The molecular formula is C16H14S. The summed E-state index contributed by atoms with van der Waals surface area (Å²) in [5.74, 6) is 0. The number of rotatable bonds is 3. The average Bonchev–Trinajstić information content (AvgIpc) is 2.67. The maximum atomic E-state index is 4.12. The highest BCUT2D eigenvalue weighted by atomic mass is 32.1. The molecule has 0 aliphatic rings. The number of fused-ring (bicyclic) bond motifs is 1. The molecule has 1 aromatic carbocycles. The first-order valence-corrected chi connectivity index (χ1v) is 6.15. The standard InChI is InChI=1S/C16H14S/c1-5-11(3)13(6-2)16-12(4)17-15-10-8-7-9-14(15)16/h5-10H,1-4H2/b16-13-. The Hall–Kier alpha value is -1.86. The largest absolute Gasteiger partial charge is 0.136 e. The number of hydrogen-bond acceptors (Lipinski definition) is 1. The van der Waals surface area contributed by atoms with E-state index in [0.717, 1.165) is 20.9 Å². The van der Waals surface area contributed by atoms with Gasteiger partial charge in [0.25, 0.3) is 0 Å². The van der Waals surface area contributed by atoms with Crippen molar-refractivity contribution in [1.29, 1.82) is 0 Å². The first kappa shape index (κ1) is 11.6. The molecule has 0 amide bonds. The third-order valence-corrected chi connectivity index (χ3v) is 3.76. The molecule has 84 valence electrons. The molecule has 17 heavy (non-hydrogen) atoms. The van der Waals surface area contributed by atoms with Gasteiger partial charge in [-0.1, -0.05) is 56.7 Å². The van der Waals surface area contributed by atoms with E-state index in [9.17, 15) is 0 Å². The molecule has 1 aromatic heterocycles. The summed E-state index contributed by atoms with van der Waals surface area (Å²) in [5.41, 5.74) is 1.90. The van der Waals surface area contributed by atoms with Gasteiger partial charge in [-0.05, 0) is 17.2 Å². The Kier molecular flexibility index (Phi) is 3.12. The van der Waals surface area contributed by atoms with Gasteiger partial charge in [-0.3, -0.25) is 0 Å². The minimum atomic E-state index is 0.883. The van der Waals surface area contributed by atoms with Crippen molar-refractivity contribution in [2.75, 3.05) is 0 Å². The summed E-state index contributed by atoms with van der Waals surface area (Å²) in [7, 11) is 0. The maximum absolute atomic E-state index is 4.12. The highest BCUT2D eigenvalue weighted by Gasteiger charge is 2.04. The Bertz CT molecular complexity index is 714. The predicted molar refractivity (Wildman–Crippen MR) is 79.5 cm³/mol. The van der Waals surface area contributed by atoms with Crippen LogP contribution in [0.5, 0.6) is 0 Å². The van der Waals surface area contributed by atoms with Crippen molar-refractivity contribution in [3.05, 3.63) is 71.5 Å². The zero-order valence-corrected chi connectivity index (χ0v) is 10.5. The van der Waals surface area contributed by atoms with Crippen molar-refractivity contribution in [2.24, 2.45) is 0 Å². The normalized spacial score (nSPS) is 12.2. The van der Waals surface area contributed by atoms with Crippen LogP contribution in [-0.4, -0.2) is 0 Å². The molecule has 1 heteroatoms. The van der Waals surface area contributed by atoms with Gasteiger partial charge >= 0.3 is 0 Å². The lowest BCUT2D eigenvalue weighted by Gasteiger charge is -2.00. The molecule has 0 radical (unpaired) electrons. The van der Waals surface area contributed by atoms with Crippen LogP contribution in [0.15, 0.2) is 61.7 Å². The Morgan fingerprint density at radius 1 is 1.12 bits per heavy atom. The molecule has 0 saturated heterocycles. The lowest BCUT2D eigenvalue weighted by atomic mass is 10.0. The number of thiophene rings is 1. The fraction of sp³-hybridized carbons (Fsp3) is 0. The molecule has 0 bridgehead atoms. The zero-order chi connectivity index (χ0) is 12.4. The molecule has 0 unspecified atom stereocenters. The molecule has 0 fully saturated rings. The smallest absolute Gasteiger partial charge is 0.0355 e.